The van der Waals surface area contributed by atoms with Crippen molar-refractivity contribution in [2.45, 2.75) is 32.6 Å². The minimum atomic E-state index is 0.0205. The second-order valence-corrected chi connectivity index (χ2v) is 6.65. The van der Waals surface area contributed by atoms with E-state index in [-0.39, 0.29) is 18.4 Å². The number of carbonyl (C=O) groups excluding carboxylic acids is 1. The molecule has 3 rings (SSSR count). The predicted octanol–water partition coefficient (Wildman–Crippen LogP) is 2.58. The number of anilines is 2. The first kappa shape index (κ1) is 18.3. The fourth-order valence-corrected chi connectivity index (χ4v) is 3.21. The number of piperidine rings is 1. The molecule has 0 aliphatic carbocycles. The average Bonchev–Trinajstić information content (AvgIpc) is 2.61. The van der Waals surface area contributed by atoms with Crippen LogP contribution in [0.2, 0.25) is 0 Å². The van der Waals surface area contributed by atoms with Crippen molar-refractivity contribution in [2.75, 3.05) is 32.1 Å². The van der Waals surface area contributed by atoms with E-state index in [0.717, 1.165) is 48.2 Å². The largest absolute Gasteiger partial charge is 0.375 e. The van der Waals surface area contributed by atoms with E-state index in [9.17, 15) is 4.79 Å². The Morgan fingerprint density at radius 1 is 1.23 bits per heavy atom. The standard InChI is InChI=1S/C19H25N5O2/c1-13-6-4-8-16(20-13)22-17-10-14(2)21-19(23-17)15-7-5-9-24(11-15)18(25)12-26-3/h4,6,8,10,15H,5,7,9,11-12H2,1-3H3,(H,20,21,22,23)/t15-/m0/s1. The lowest BCUT2D eigenvalue weighted by Crippen LogP contribution is -2.41. The first-order valence-electron chi connectivity index (χ1n) is 8.88. The van der Waals surface area contributed by atoms with Crippen LogP contribution in [0.3, 0.4) is 0 Å². The number of methoxy groups -OCH3 is 1. The molecule has 0 saturated carbocycles. The summed E-state index contributed by atoms with van der Waals surface area (Å²) in [5, 5.41) is 3.26. The van der Waals surface area contributed by atoms with Gasteiger partial charge >= 0.3 is 0 Å². The highest BCUT2D eigenvalue weighted by molar-refractivity contribution is 5.77. The number of carbonyl (C=O) groups is 1. The number of nitrogens with zero attached hydrogens (tertiary/aromatic N) is 4. The van der Waals surface area contributed by atoms with E-state index in [1.807, 2.05) is 43.0 Å². The highest BCUT2D eigenvalue weighted by atomic mass is 16.5. The van der Waals surface area contributed by atoms with Gasteiger partial charge in [-0.1, -0.05) is 6.07 Å². The molecule has 1 aliphatic heterocycles. The number of hydrogen-bond donors (Lipinski definition) is 1. The minimum absolute atomic E-state index is 0.0205. The summed E-state index contributed by atoms with van der Waals surface area (Å²) in [5.74, 6) is 2.42. The van der Waals surface area contributed by atoms with E-state index in [1.165, 1.54) is 0 Å². The van der Waals surface area contributed by atoms with Crippen molar-refractivity contribution in [3.8, 4) is 0 Å². The number of aromatic nitrogens is 3. The molecule has 0 radical (unpaired) electrons. The molecule has 138 valence electrons. The molecule has 1 saturated heterocycles. The second kappa shape index (κ2) is 8.23. The number of rotatable bonds is 5. The van der Waals surface area contributed by atoms with Gasteiger partial charge in [0.2, 0.25) is 5.91 Å². The molecular formula is C19H25N5O2. The van der Waals surface area contributed by atoms with E-state index < -0.39 is 0 Å². The Balaban J connectivity index is 1.77. The van der Waals surface area contributed by atoms with Gasteiger partial charge in [-0.25, -0.2) is 15.0 Å². The number of aryl methyl sites for hydroxylation is 2. The molecule has 1 amide bonds. The zero-order valence-electron chi connectivity index (χ0n) is 15.5. The van der Waals surface area contributed by atoms with E-state index in [0.29, 0.717) is 6.54 Å². The van der Waals surface area contributed by atoms with Crippen molar-refractivity contribution in [2.24, 2.45) is 0 Å². The van der Waals surface area contributed by atoms with Crippen LogP contribution in [0.1, 0.15) is 36.0 Å². The van der Waals surface area contributed by atoms with E-state index in [4.69, 9.17) is 9.72 Å². The van der Waals surface area contributed by atoms with Gasteiger partial charge in [-0.05, 0) is 38.8 Å². The molecule has 1 atom stereocenters. The molecule has 2 aromatic rings. The van der Waals surface area contributed by atoms with Gasteiger partial charge in [0.05, 0.1) is 0 Å². The summed E-state index contributed by atoms with van der Waals surface area (Å²) in [6.07, 6.45) is 1.92. The summed E-state index contributed by atoms with van der Waals surface area (Å²) in [6, 6.07) is 7.73. The maximum Gasteiger partial charge on any atom is 0.248 e. The highest BCUT2D eigenvalue weighted by Crippen LogP contribution is 2.26. The van der Waals surface area contributed by atoms with Gasteiger partial charge in [-0.2, -0.15) is 0 Å². The Kier molecular flexibility index (Phi) is 5.78. The smallest absolute Gasteiger partial charge is 0.248 e. The maximum absolute atomic E-state index is 12.1. The summed E-state index contributed by atoms with van der Waals surface area (Å²) in [5.41, 5.74) is 1.84. The summed E-state index contributed by atoms with van der Waals surface area (Å²) in [6.45, 7) is 5.43. The molecule has 0 unspecified atom stereocenters. The summed E-state index contributed by atoms with van der Waals surface area (Å²) >= 11 is 0. The van der Waals surface area contributed by atoms with Crippen molar-refractivity contribution < 1.29 is 9.53 Å². The highest BCUT2D eigenvalue weighted by Gasteiger charge is 2.26. The third kappa shape index (κ3) is 4.54. The van der Waals surface area contributed by atoms with E-state index >= 15 is 0 Å². The number of ether oxygens (including phenoxy) is 1. The molecule has 26 heavy (non-hydrogen) atoms. The van der Waals surface area contributed by atoms with Crippen LogP contribution < -0.4 is 5.32 Å². The monoisotopic (exact) mass is 355 g/mol. The van der Waals surface area contributed by atoms with E-state index in [1.54, 1.807) is 7.11 Å². The molecule has 7 heteroatoms. The summed E-state index contributed by atoms with van der Waals surface area (Å²) < 4.78 is 4.97. The van der Waals surface area contributed by atoms with Crippen LogP contribution in [0.4, 0.5) is 11.6 Å². The molecule has 0 spiro atoms. The van der Waals surface area contributed by atoms with Crippen LogP contribution in [0.25, 0.3) is 0 Å². The predicted molar refractivity (Wildman–Crippen MR) is 99.5 cm³/mol. The van der Waals surface area contributed by atoms with Crippen molar-refractivity contribution in [1.82, 2.24) is 19.9 Å². The lowest BCUT2D eigenvalue weighted by atomic mass is 9.97. The molecule has 0 aromatic carbocycles. The number of amides is 1. The van der Waals surface area contributed by atoms with Crippen LogP contribution >= 0.6 is 0 Å². The third-order valence-electron chi connectivity index (χ3n) is 4.42. The average molecular weight is 355 g/mol. The Hall–Kier alpha value is -2.54. The lowest BCUT2D eigenvalue weighted by molar-refractivity contribution is -0.136. The summed E-state index contributed by atoms with van der Waals surface area (Å²) in [4.78, 5) is 27.7. The van der Waals surface area contributed by atoms with Gasteiger partial charge in [0.25, 0.3) is 0 Å². The lowest BCUT2D eigenvalue weighted by Gasteiger charge is -2.32. The molecule has 2 aromatic heterocycles. The van der Waals surface area contributed by atoms with Crippen LogP contribution in [0.5, 0.6) is 0 Å². The van der Waals surface area contributed by atoms with Gasteiger partial charge in [0, 0.05) is 43.6 Å². The Morgan fingerprint density at radius 2 is 2.08 bits per heavy atom. The molecule has 1 N–H and O–H groups in total. The quantitative estimate of drug-likeness (QED) is 0.888. The van der Waals surface area contributed by atoms with Gasteiger partial charge in [0.1, 0.15) is 24.1 Å². The van der Waals surface area contributed by atoms with Gasteiger partial charge < -0.3 is 15.0 Å². The molecule has 3 heterocycles. The van der Waals surface area contributed by atoms with Crippen LogP contribution in [0.15, 0.2) is 24.3 Å². The number of hydrogen-bond acceptors (Lipinski definition) is 6. The second-order valence-electron chi connectivity index (χ2n) is 6.65. The first-order chi connectivity index (χ1) is 12.5. The Bertz CT molecular complexity index is 780. The van der Waals surface area contributed by atoms with Crippen LogP contribution in [-0.4, -0.2) is 52.6 Å². The number of pyridine rings is 1. The number of nitrogens with one attached hydrogen (secondary N) is 1. The molecule has 7 nitrogen and oxygen atoms in total. The molecular weight excluding hydrogens is 330 g/mol. The first-order valence-corrected chi connectivity index (χ1v) is 8.88. The SMILES string of the molecule is COCC(=O)N1CCC[C@H](c2nc(C)cc(Nc3cccc(C)n3)n2)C1. The molecule has 0 bridgehead atoms. The van der Waals surface area contributed by atoms with Crippen molar-refractivity contribution >= 4 is 17.5 Å². The zero-order chi connectivity index (χ0) is 18.5. The normalized spacial score (nSPS) is 17.2. The third-order valence-corrected chi connectivity index (χ3v) is 4.42. The van der Waals surface area contributed by atoms with Crippen LogP contribution in [0, 0.1) is 13.8 Å². The van der Waals surface area contributed by atoms with Crippen molar-refractivity contribution in [3.05, 3.63) is 41.5 Å². The van der Waals surface area contributed by atoms with Crippen LogP contribution in [-0.2, 0) is 9.53 Å². The number of likely N-dealkylation sites (tertiary alicyclic amines) is 1. The van der Waals surface area contributed by atoms with E-state index in [2.05, 4.69) is 15.3 Å². The minimum Gasteiger partial charge on any atom is -0.375 e. The fourth-order valence-electron chi connectivity index (χ4n) is 3.21. The van der Waals surface area contributed by atoms with Crippen molar-refractivity contribution in [3.63, 3.8) is 0 Å². The zero-order valence-corrected chi connectivity index (χ0v) is 15.5. The summed E-state index contributed by atoms with van der Waals surface area (Å²) in [7, 11) is 1.54. The Morgan fingerprint density at radius 3 is 2.85 bits per heavy atom. The molecule has 1 fully saturated rings. The van der Waals surface area contributed by atoms with Gasteiger partial charge in [0.15, 0.2) is 0 Å². The Labute approximate surface area is 153 Å². The van der Waals surface area contributed by atoms with Gasteiger partial charge in [-0.15, -0.1) is 0 Å². The maximum atomic E-state index is 12.1. The topological polar surface area (TPSA) is 80.2 Å². The van der Waals surface area contributed by atoms with Gasteiger partial charge in [-0.3, -0.25) is 4.79 Å². The molecule has 1 aliphatic rings. The van der Waals surface area contributed by atoms with Crippen molar-refractivity contribution in [1.29, 1.82) is 0 Å². The fraction of sp³-hybridized carbons (Fsp3) is 0.474.